The minimum absolute atomic E-state index is 0.00504. The summed E-state index contributed by atoms with van der Waals surface area (Å²) in [6.45, 7) is 9.07. The molecule has 9 heteroatoms. The third-order valence-electron chi connectivity index (χ3n) is 6.00. The first-order valence-corrected chi connectivity index (χ1v) is 13.5. The number of fused-ring (bicyclic) bond motifs is 1. The van der Waals surface area contributed by atoms with Crippen LogP contribution in [0.1, 0.15) is 83.1 Å². The monoisotopic (exact) mass is 513 g/mol. The van der Waals surface area contributed by atoms with Crippen LogP contribution in [0.2, 0.25) is 0 Å². The lowest BCUT2D eigenvalue weighted by molar-refractivity contribution is -0.130. The van der Waals surface area contributed by atoms with Gasteiger partial charge in [0.1, 0.15) is 17.8 Å². The average molecular weight is 514 g/mol. The van der Waals surface area contributed by atoms with Crippen molar-refractivity contribution < 1.29 is 19.2 Å². The summed E-state index contributed by atoms with van der Waals surface area (Å²) in [4.78, 5) is 54.0. The molecule has 0 aliphatic carbocycles. The Hall–Kier alpha value is -3.36. The van der Waals surface area contributed by atoms with Crippen LogP contribution in [0, 0.1) is 5.92 Å². The fourth-order valence-electron chi connectivity index (χ4n) is 4.03. The van der Waals surface area contributed by atoms with Gasteiger partial charge in [-0.25, -0.2) is 0 Å². The number of nitrogens with one attached hydrogen (secondary N) is 5. The molecule has 37 heavy (non-hydrogen) atoms. The molecule has 4 amide bonds. The molecule has 1 aromatic heterocycles. The van der Waals surface area contributed by atoms with Crippen molar-refractivity contribution in [3.05, 3.63) is 36.0 Å². The number of para-hydroxylation sites is 1. The number of amides is 4. The van der Waals surface area contributed by atoms with E-state index < -0.39 is 18.0 Å². The van der Waals surface area contributed by atoms with Gasteiger partial charge in [-0.15, -0.1) is 0 Å². The molecule has 1 unspecified atom stereocenters. The number of H-pyrrole nitrogens is 1. The van der Waals surface area contributed by atoms with Gasteiger partial charge in [-0.3, -0.25) is 19.2 Å². The van der Waals surface area contributed by atoms with Crippen LogP contribution < -0.4 is 21.3 Å². The van der Waals surface area contributed by atoms with E-state index in [-0.39, 0.29) is 23.6 Å². The largest absolute Gasteiger partial charge is 0.356 e. The normalized spacial score (nSPS) is 12.7. The summed E-state index contributed by atoms with van der Waals surface area (Å²) in [5, 5.41) is 12.3. The van der Waals surface area contributed by atoms with Gasteiger partial charge in [0.15, 0.2) is 0 Å². The lowest BCUT2D eigenvalue weighted by atomic mass is 10.0. The maximum absolute atomic E-state index is 13.3. The Kier molecular flexibility index (Phi) is 12.7. The smallest absolute Gasteiger partial charge is 0.268 e. The zero-order valence-electron chi connectivity index (χ0n) is 22.6. The van der Waals surface area contributed by atoms with Gasteiger partial charge in [0, 0.05) is 30.4 Å². The number of carbonyl (C=O) groups is 4. The van der Waals surface area contributed by atoms with Gasteiger partial charge >= 0.3 is 0 Å². The quantitative estimate of drug-likeness (QED) is 0.220. The highest BCUT2D eigenvalue weighted by atomic mass is 16.2. The van der Waals surface area contributed by atoms with Crippen LogP contribution in [0.25, 0.3) is 10.9 Å². The zero-order valence-corrected chi connectivity index (χ0v) is 22.6. The second kappa shape index (κ2) is 15.7. The van der Waals surface area contributed by atoms with E-state index in [9.17, 15) is 19.2 Å². The first-order valence-electron chi connectivity index (χ1n) is 13.5. The standard InChI is InChI=1S/C28H43N5O4/c1-5-15-29-25(34)14-10-9-13-22(26(35)30-16-6-2)32-27(36)23(17-19(3)4)33-28(37)24-18-20-11-7-8-12-21(20)31-24/h7-8,11-12,18-19,22-23,31H,5-6,9-10,13-17H2,1-4H3,(H,29,34)(H,30,35)(H,32,36)(H,33,37)/t22?,23-/m0/s1. The van der Waals surface area contributed by atoms with E-state index in [0.717, 1.165) is 23.7 Å². The highest BCUT2D eigenvalue weighted by molar-refractivity contribution is 6.00. The van der Waals surface area contributed by atoms with E-state index in [0.29, 0.717) is 50.9 Å². The van der Waals surface area contributed by atoms with Crippen LogP contribution in [0.5, 0.6) is 0 Å². The minimum atomic E-state index is -0.791. The van der Waals surface area contributed by atoms with E-state index >= 15 is 0 Å². The zero-order chi connectivity index (χ0) is 27.2. The Balaban J connectivity index is 2.04. The van der Waals surface area contributed by atoms with Crippen molar-refractivity contribution in [3.8, 4) is 0 Å². The van der Waals surface area contributed by atoms with Gasteiger partial charge in [-0.2, -0.15) is 0 Å². The number of aromatic nitrogens is 1. The summed E-state index contributed by atoms with van der Waals surface area (Å²) >= 11 is 0. The molecule has 0 radical (unpaired) electrons. The van der Waals surface area contributed by atoms with Crippen LogP contribution in [0.4, 0.5) is 0 Å². The molecular formula is C28H43N5O4. The molecule has 0 aliphatic heterocycles. The molecule has 2 atom stereocenters. The summed E-state index contributed by atoms with van der Waals surface area (Å²) in [7, 11) is 0. The summed E-state index contributed by atoms with van der Waals surface area (Å²) in [5.74, 6) is -0.879. The Morgan fingerprint density at radius 2 is 1.57 bits per heavy atom. The van der Waals surface area contributed by atoms with E-state index in [1.54, 1.807) is 6.07 Å². The Bertz CT molecular complexity index is 1000. The van der Waals surface area contributed by atoms with Gasteiger partial charge < -0.3 is 26.3 Å². The molecule has 9 nitrogen and oxygen atoms in total. The van der Waals surface area contributed by atoms with Crippen molar-refractivity contribution in [3.63, 3.8) is 0 Å². The number of hydrogen-bond acceptors (Lipinski definition) is 4. The summed E-state index contributed by atoms with van der Waals surface area (Å²) in [5.41, 5.74) is 1.22. The van der Waals surface area contributed by atoms with Gasteiger partial charge in [0.2, 0.25) is 17.7 Å². The summed E-state index contributed by atoms with van der Waals surface area (Å²) in [6.07, 6.45) is 4.11. The van der Waals surface area contributed by atoms with E-state index in [1.807, 2.05) is 52.0 Å². The molecule has 0 fully saturated rings. The number of rotatable bonds is 16. The molecule has 0 saturated carbocycles. The third-order valence-corrected chi connectivity index (χ3v) is 6.00. The van der Waals surface area contributed by atoms with Crippen molar-refractivity contribution in [1.29, 1.82) is 0 Å². The van der Waals surface area contributed by atoms with Gasteiger partial charge in [-0.1, -0.05) is 52.3 Å². The van der Waals surface area contributed by atoms with E-state index in [4.69, 9.17) is 0 Å². The Morgan fingerprint density at radius 3 is 2.24 bits per heavy atom. The van der Waals surface area contributed by atoms with Crippen LogP contribution in [-0.4, -0.2) is 53.8 Å². The van der Waals surface area contributed by atoms with Gasteiger partial charge in [-0.05, 0) is 50.2 Å². The second-order valence-electron chi connectivity index (χ2n) is 9.87. The number of unbranched alkanes of at least 4 members (excludes halogenated alkanes) is 1. The van der Waals surface area contributed by atoms with Crippen molar-refractivity contribution in [1.82, 2.24) is 26.3 Å². The fraction of sp³-hybridized carbons (Fsp3) is 0.571. The molecule has 2 aromatic rings. The minimum Gasteiger partial charge on any atom is -0.356 e. The fourth-order valence-corrected chi connectivity index (χ4v) is 4.03. The van der Waals surface area contributed by atoms with Gasteiger partial charge in [0.25, 0.3) is 5.91 Å². The first-order chi connectivity index (χ1) is 17.7. The predicted molar refractivity (Wildman–Crippen MR) is 146 cm³/mol. The molecule has 0 saturated heterocycles. The highest BCUT2D eigenvalue weighted by Crippen LogP contribution is 2.15. The van der Waals surface area contributed by atoms with Crippen molar-refractivity contribution in [2.75, 3.05) is 13.1 Å². The topological polar surface area (TPSA) is 132 Å². The molecule has 2 rings (SSSR count). The van der Waals surface area contributed by atoms with E-state index in [1.165, 1.54) is 0 Å². The van der Waals surface area contributed by atoms with Crippen LogP contribution in [0.15, 0.2) is 30.3 Å². The Morgan fingerprint density at radius 1 is 0.865 bits per heavy atom. The van der Waals surface area contributed by atoms with Crippen molar-refractivity contribution >= 4 is 34.5 Å². The SMILES string of the molecule is CCCNC(=O)CCCCC(NC(=O)[C@H](CC(C)C)NC(=O)c1cc2ccccc2[nH]1)C(=O)NCCC. The average Bonchev–Trinajstić information content (AvgIpc) is 3.31. The van der Waals surface area contributed by atoms with Crippen LogP contribution >= 0.6 is 0 Å². The molecule has 204 valence electrons. The lowest BCUT2D eigenvalue weighted by Crippen LogP contribution is -2.54. The molecule has 0 bridgehead atoms. The number of benzene rings is 1. The molecule has 0 aliphatic rings. The Labute approximate surface area is 219 Å². The van der Waals surface area contributed by atoms with Crippen molar-refractivity contribution in [2.45, 2.75) is 84.7 Å². The molecule has 1 heterocycles. The maximum atomic E-state index is 13.3. The van der Waals surface area contributed by atoms with Crippen molar-refractivity contribution in [2.24, 2.45) is 5.92 Å². The lowest BCUT2D eigenvalue weighted by Gasteiger charge is -2.24. The predicted octanol–water partition coefficient (Wildman–Crippen LogP) is 3.41. The maximum Gasteiger partial charge on any atom is 0.268 e. The van der Waals surface area contributed by atoms with E-state index in [2.05, 4.69) is 26.3 Å². The molecular weight excluding hydrogens is 470 g/mol. The number of carbonyl (C=O) groups excluding carboxylic acids is 4. The molecule has 5 N–H and O–H groups in total. The van der Waals surface area contributed by atoms with Crippen LogP contribution in [-0.2, 0) is 14.4 Å². The number of aromatic amines is 1. The van der Waals surface area contributed by atoms with Crippen LogP contribution in [0.3, 0.4) is 0 Å². The first kappa shape index (κ1) is 29.9. The molecule has 1 aromatic carbocycles. The highest BCUT2D eigenvalue weighted by Gasteiger charge is 2.28. The number of hydrogen-bond donors (Lipinski definition) is 5. The summed E-state index contributed by atoms with van der Waals surface area (Å²) < 4.78 is 0. The molecule has 0 spiro atoms. The second-order valence-corrected chi connectivity index (χ2v) is 9.87. The van der Waals surface area contributed by atoms with Gasteiger partial charge in [0.05, 0.1) is 0 Å². The third kappa shape index (κ3) is 10.3. The summed E-state index contributed by atoms with van der Waals surface area (Å²) in [6, 6.07) is 7.81.